The fourth-order valence-electron chi connectivity index (χ4n) is 2.40. The summed E-state index contributed by atoms with van der Waals surface area (Å²) >= 11 is 5.89. The quantitative estimate of drug-likeness (QED) is 0.541. The van der Waals surface area contributed by atoms with E-state index in [0.717, 1.165) is 6.20 Å². The van der Waals surface area contributed by atoms with Gasteiger partial charge < -0.3 is 10.1 Å². The SMILES string of the molecule is CCOc1ccc(NS(=O)(=O)c2[nH]ncc2C(=O)Nc2cccc(Cl)c2)cc1. The maximum Gasteiger partial charge on any atom is 0.279 e. The van der Waals surface area contributed by atoms with Crippen LogP contribution in [0, 0.1) is 0 Å². The fourth-order valence-corrected chi connectivity index (χ4v) is 3.74. The van der Waals surface area contributed by atoms with Crippen LogP contribution in [-0.4, -0.2) is 31.1 Å². The molecule has 0 unspecified atom stereocenters. The standard InChI is InChI=1S/C18H17ClN4O4S/c1-2-27-15-8-6-13(7-9-15)23-28(25,26)18-16(11-20-22-18)17(24)21-14-5-3-4-12(19)10-14/h3-11,23H,2H2,1H3,(H,20,22)(H,21,24). The van der Waals surface area contributed by atoms with Gasteiger partial charge in [0.1, 0.15) is 5.75 Å². The molecule has 0 aliphatic heterocycles. The van der Waals surface area contributed by atoms with Crippen molar-refractivity contribution in [3.8, 4) is 5.75 Å². The van der Waals surface area contributed by atoms with Crippen molar-refractivity contribution in [2.75, 3.05) is 16.6 Å². The molecule has 1 aromatic heterocycles. The number of aromatic amines is 1. The van der Waals surface area contributed by atoms with Crippen molar-refractivity contribution in [1.29, 1.82) is 0 Å². The first-order valence-electron chi connectivity index (χ1n) is 8.25. The average molecular weight is 421 g/mol. The number of carbonyl (C=O) groups is 1. The van der Waals surface area contributed by atoms with Gasteiger partial charge in [-0.15, -0.1) is 0 Å². The van der Waals surface area contributed by atoms with E-state index in [1.165, 1.54) is 0 Å². The van der Waals surface area contributed by atoms with Crippen molar-refractivity contribution < 1.29 is 17.9 Å². The van der Waals surface area contributed by atoms with Gasteiger partial charge in [-0.3, -0.25) is 14.6 Å². The zero-order valence-corrected chi connectivity index (χ0v) is 16.3. The monoisotopic (exact) mass is 420 g/mol. The molecule has 1 heterocycles. The van der Waals surface area contributed by atoms with Crippen LogP contribution in [-0.2, 0) is 10.0 Å². The number of amides is 1. The van der Waals surface area contributed by atoms with Crippen LogP contribution in [0.25, 0.3) is 0 Å². The number of aromatic nitrogens is 2. The molecule has 0 fully saturated rings. The van der Waals surface area contributed by atoms with Crippen molar-refractivity contribution in [3.63, 3.8) is 0 Å². The zero-order valence-electron chi connectivity index (χ0n) is 14.8. The number of carbonyl (C=O) groups excluding carboxylic acids is 1. The van der Waals surface area contributed by atoms with E-state index in [0.29, 0.717) is 28.8 Å². The number of hydrogen-bond donors (Lipinski definition) is 3. The molecule has 8 nitrogen and oxygen atoms in total. The Morgan fingerprint density at radius 3 is 2.61 bits per heavy atom. The first-order valence-corrected chi connectivity index (χ1v) is 10.1. The number of hydrogen-bond acceptors (Lipinski definition) is 5. The van der Waals surface area contributed by atoms with Crippen LogP contribution >= 0.6 is 11.6 Å². The van der Waals surface area contributed by atoms with E-state index in [1.807, 2.05) is 6.92 Å². The Morgan fingerprint density at radius 1 is 1.18 bits per heavy atom. The number of halogens is 1. The van der Waals surface area contributed by atoms with Crippen LogP contribution in [0.2, 0.25) is 5.02 Å². The molecule has 0 aliphatic rings. The second kappa shape index (κ2) is 8.32. The molecule has 3 rings (SSSR count). The van der Waals surface area contributed by atoms with Gasteiger partial charge in [-0.25, -0.2) is 0 Å². The van der Waals surface area contributed by atoms with Crippen molar-refractivity contribution in [1.82, 2.24) is 10.2 Å². The molecular formula is C18H17ClN4O4S. The minimum atomic E-state index is -4.07. The normalized spacial score (nSPS) is 11.1. The van der Waals surface area contributed by atoms with Crippen LogP contribution in [0.4, 0.5) is 11.4 Å². The minimum absolute atomic E-state index is 0.126. The number of benzene rings is 2. The lowest BCUT2D eigenvalue weighted by molar-refractivity contribution is 0.102. The number of anilines is 2. The van der Waals surface area contributed by atoms with E-state index < -0.39 is 15.9 Å². The summed E-state index contributed by atoms with van der Waals surface area (Å²) in [4.78, 5) is 12.5. The highest BCUT2D eigenvalue weighted by Gasteiger charge is 2.25. The zero-order chi connectivity index (χ0) is 20.1. The Kier molecular flexibility index (Phi) is 5.86. The Morgan fingerprint density at radius 2 is 1.93 bits per heavy atom. The molecule has 0 atom stereocenters. The van der Waals surface area contributed by atoms with E-state index in [2.05, 4.69) is 20.2 Å². The molecule has 28 heavy (non-hydrogen) atoms. The summed E-state index contributed by atoms with van der Waals surface area (Å²) in [7, 11) is -4.07. The van der Waals surface area contributed by atoms with Gasteiger partial charge in [-0.2, -0.15) is 13.5 Å². The molecule has 3 N–H and O–H groups in total. The van der Waals surface area contributed by atoms with Crippen LogP contribution in [0.3, 0.4) is 0 Å². The topological polar surface area (TPSA) is 113 Å². The largest absolute Gasteiger partial charge is 0.494 e. The Hall–Kier alpha value is -3.04. The number of nitrogens with zero attached hydrogens (tertiary/aromatic N) is 1. The third-order valence-electron chi connectivity index (χ3n) is 3.62. The number of rotatable bonds is 7. The highest BCUT2D eigenvalue weighted by molar-refractivity contribution is 7.92. The molecule has 0 spiro atoms. The first kappa shape index (κ1) is 19.7. The van der Waals surface area contributed by atoms with Gasteiger partial charge in [0.2, 0.25) is 0 Å². The first-order chi connectivity index (χ1) is 13.4. The van der Waals surface area contributed by atoms with E-state index in [9.17, 15) is 13.2 Å². The van der Waals surface area contributed by atoms with Crippen LogP contribution in [0.1, 0.15) is 17.3 Å². The molecule has 0 aliphatic carbocycles. The molecule has 0 bridgehead atoms. The summed E-state index contributed by atoms with van der Waals surface area (Å²) in [6.45, 7) is 2.36. The number of sulfonamides is 1. The van der Waals surface area contributed by atoms with Gasteiger partial charge in [-0.05, 0) is 49.4 Å². The van der Waals surface area contributed by atoms with Gasteiger partial charge in [-0.1, -0.05) is 17.7 Å². The molecule has 0 saturated carbocycles. The van der Waals surface area contributed by atoms with Crippen molar-refractivity contribution in [2.45, 2.75) is 11.9 Å². The second-order valence-corrected chi connectivity index (χ2v) is 7.70. The van der Waals surface area contributed by atoms with Gasteiger partial charge in [0.25, 0.3) is 15.9 Å². The summed E-state index contributed by atoms with van der Waals surface area (Å²) in [5.41, 5.74) is 0.624. The molecule has 1 amide bonds. The lowest BCUT2D eigenvalue weighted by Gasteiger charge is -2.10. The summed E-state index contributed by atoms with van der Waals surface area (Å²) in [5.74, 6) is -0.0170. The van der Waals surface area contributed by atoms with Crippen molar-refractivity contribution in [2.24, 2.45) is 0 Å². The summed E-state index contributed by atoms with van der Waals surface area (Å²) in [6.07, 6.45) is 1.15. The highest BCUT2D eigenvalue weighted by Crippen LogP contribution is 2.22. The smallest absolute Gasteiger partial charge is 0.279 e. The molecular weight excluding hydrogens is 404 g/mol. The molecule has 0 saturated heterocycles. The van der Waals surface area contributed by atoms with Crippen molar-refractivity contribution in [3.05, 3.63) is 65.3 Å². The lowest BCUT2D eigenvalue weighted by Crippen LogP contribution is -2.19. The number of nitrogens with one attached hydrogen (secondary N) is 3. The molecule has 10 heteroatoms. The summed E-state index contributed by atoms with van der Waals surface area (Å²) < 4.78 is 33.1. The second-order valence-electron chi connectivity index (χ2n) is 5.64. The molecule has 0 radical (unpaired) electrons. The van der Waals surface area contributed by atoms with Crippen LogP contribution < -0.4 is 14.8 Å². The van der Waals surface area contributed by atoms with E-state index in [4.69, 9.17) is 16.3 Å². The maximum absolute atomic E-state index is 12.7. The molecule has 3 aromatic rings. The summed E-state index contributed by atoms with van der Waals surface area (Å²) in [5, 5.41) is 8.75. The summed E-state index contributed by atoms with van der Waals surface area (Å²) in [6, 6.07) is 12.9. The maximum atomic E-state index is 12.7. The van der Waals surface area contributed by atoms with Gasteiger partial charge in [0.05, 0.1) is 18.4 Å². The molecule has 146 valence electrons. The van der Waals surface area contributed by atoms with Gasteiger partial charge in [0.15, 0.2) is 5.03 Å². The Bertz CT molecular complexity index is 1080. The predicted molar refractivity (Wildman–Crippen MR) is 106 cm³/mol. The lowest BCUT2D eigenvalue weighted by atomic mass is 10.3. The Labute approximate surface area is 166 Å². The molecule has 2 aromatic carbocycles. The van der Waals surface area contributed by atoms with E-state index >= 15 is 0 Å². The van der Waals surface area contributed by atoms with Gasteiger partial charge >= 0.3 is 0 Å². The Balaban J connectivity index is 1.80. The fraction of sp³-hybridized carbons (Fsp3) is 0.111. The van der Waals surface area contributed by atoms with E-state index in [-0.39, 0.29) is 10.6 Å². The van der Waals surface area contributed by atoms with E-state index in [1.54, 1.807) is 48.5 Å². The van der Waals surface area contributed by atoms with Crippen LogP contribution in [0.15, 0.2) is 59.8 Å². The predicted octanol–water partition coefficient (Wildman–Crippen LogP) is 3.51. The van der Waals surface area contributed by atoms with Crippen LogP contribution in [0.5, 0.6) is 5.75 Å². The number of ether oxygens (including phenoxy) is 1. The average Bonchev–Trinajstić information content (AvgIpc) is 3.14. The third-order valence-corrected chi connectivity index (χ3v) is 5.21. The van der Waals surface area contributed by atoms with Gasteiger partial charge in [0, 0.05) is 16.4 Å². The minimum Gasteiger partial charge on any atom is -0.494 e. The number of H-pyrrole nitrogens is 1. The third kappa shape index (κ3) is 4.62. The van der Waals surface area contributed by atoms with Crippen molar-refractivity contribution >= 4 is 38.9 Å². The highest BCUT2D eigenvalue weighted by atomic mass is 35.5.